The first kappa shape index (κ1) is 20.7. The fraction of sp³-hybridized carbons (Fsp3) is 0.789. The normalized spacial score (nSPS) is 18.0. The van der Waals surface area contributed by atoms with Crippen molar-refractivity contribution in [1.82, 2.24) is 15.1 Å². The van der Waals surface area contributed by atoms with Crippen LogP contribution in [0.5, 0.6) is 5.88 Å². The summed E-state index contributed by atoms with van der Waals surface area (Å²) in [5, 5.41) is 7.35. The van der Waals surface area contributed by atoms with Crippen LogP contribution in [0.2, 0.25) is 0 Å². The molecule has 0 bridgehead atoms. The van der Waals surface area contributed by atoms with Crippen molar-refractivity contribution in [1.29, 1.82) is 0 Å². The molecule has 26 heavy (non-hydrogen) atoms. The summed E-state index contributed by atoms with van der Waals surface area (Å²) in [5.74, 6) is 0.330. The van der Waals surface area contributed by atoms with Gasteiger partial charge in [-0.25, -0.2) is 4.68 Å². The minimum absolute atomic E-state index is 0.0833. The van der Waals surface area contributed by atoms with Crippen molar-refractivity contribution in [2.45, 2.75) is 53.1 Å². The van der Waals surface area contributed by atoms with Crippen LogP contribution in [0, 0.1) is 12.3 Å². The topological polar surface area (TPSA) is 74.6 Å². The molecule has 1 aromatic heterocycles. The van der Waals surface area contributed by atoms with Gasteiger partial charge in [0.25, 0.3) is 5.91 Å². The number of ether oxygens (including phenoxy) is 3. The first-order valence-electron chi connectivity index (χ1n) is 9.48. The van der Waals surface area contributed by atoms with E-state index in [1.54, 1.807) is 11.7 Å². The molecule has 2 heterocycles. The molecule has 7 nitrogen and oxygen atoms in total. The molecule has 1 aromatic rings. The van der Waals surface area contributed by atoms with Gasteiger partial charge in [0.2, 0.25) is 5.88 Å². The van der Waals surface area contributed by atoms with Crippen LogP contribution in [0.1, 0.15) is 56.1 Å². The maximum absolute atomic E-state index is 12.8. The van der Waals surface area contributed by atoms with Crippen LogP contribution in [0.4, 0.5) is 0 Å². The summed E-state index contributed by atoms with van der Waals surface area (Å²) in [7, 11) is 1.79. The van der Waals surface area contributed by atoms with Gasteiger partial charge in [-0.2, -0.15) is 5.10 Å². The molecule has 0 radical (unpaired) electrons. The number of aryl methyl sites for hydroxylation is 2. The Morgan fingerprint density at radius 1 is 1.42 bits per heavy atom. The molecule has 1 N–H and O–H groups in total. The van der Waals surface area contributed by atoms with E-state index in [4.69, 9.17) is 14.2 Å². The molecule has 0 saturated carbocycles. The van der Waals surface area contributed by atoms with Gasteiger partial charge in [-0.05, 0) is 33.1 Å². The van der Waals surface area contributed by atoms with Crippen molar-refractivity contribution in [2.24, 2.45) is 12.5 Å². The zero-order valence-corrected chi connectivity index (χ0v) is 16.8. The highest BCUT2D eigenvalue weighted by molar-refractivity contribution is 5.97. The first-order chi connectivity index (χ1) is 12.3. The minimum Gasteiger partial charge on any atom is -0.475 e. The van der Waals surface area contributed by atoms with Gasteiger partial charge in [-0.3, -0.25) is 4.79 Å². The van der Waals surface area contributed by atoms with Gasteiger partial charge < -0.3 is 19.5 Å². The van der Waals surface area contributed by atoms with Crippen LogP contribution in [-0.2, 0) is 16.5 Å². The van der Waals surface area contributed by atoms with Crippen molar-refractivity contribution in [3.63, 3.8) is 0 Å². The van der Waals surface area contributed by atoms with Gasteiger partial charge in [-0.1, -0.05) is 13.8 Å². The van der Waals surface area contributed by atoms with E-state index in [1.165, 1.54) is 0 Å². The molecular weight excluding hydrogens is 334 g/mol. The van der Waals surface area contributed by atoms with Gasteiger partial charge in [-0.15, -0.1) is 0 Å². The number of carbonyl (C=O) groups is 1. The lowest BCUT2D eigenvalue weighted by Crippen LogP contribution is -2.37. The number of rotatable bonds is 9. The Morgan fingerprint density at radius 2 is 2.19 bits per heavy atom. The molecule has 1 fully saturated rings. The summed E-state index contributed by atoms with van der Waals surface area (Å²) in [6.45, 7) is 10.9. The number of hydrogen-bond acceptors (Lipinski definition) is 5. The second-order valence-electron chi connectivity index (χ2n) is 7.67. The highest BCUT2D eigenvalue weighted by atomic mass is 16.5. The Bertz CT molecular complexity index is 592. The molecule has 0 spiro atoms. The van der Waals surface area contributed by atoms with Gasteiger partial charge in [0, 0.05) is 32.2 Å². The molecule has 0 aliphatic carbocycles. The molecule has 1 aliphatic rings. The zero-order valence-electron chi connectivity index (χ0n) is 16.8. The van der Waals surface area contributed by atoms with Crippen LogP contribution in [0.15, 0.2) is 0 Å². The standard InChI is InChI=1S/C19H33N3O4/c1-6-24-13-19(3,4)12-20-17(23)16-14(2)21-22(5)18(16)26-11-15-9-7-8-10-25-15/h15H,6-13H2,1-5H3,(H,20,23). The number of hydrogen-bond donors (Lipinski definition) is 1. The summed E-state index contributed by atoms with van der Waals surface area (Å²) in [5.41, 5.74) is 1.02. The molecule has 1 atom stereocenters. The van der Waals surface area contributed by atoms with Crippen molar-refractivity contribution < 1.29 is 19.0 Å². The van der Waals surface area contributed by atoms with Crippen molar-refractivity contribution >= 4 is 5.91 Å². The van der Waals surface area contributed by atoms with E-state index in [9.17, 15) is 4.79 Å². The second kappa shape index (κ2) is 9.37. The predicted octanol–water partition coefficient (Wildman–Crippen LogP) is 2.47. The van der Waals surface area contributed by atoms with E-state index < -0.39 is 0 Å². The lowest BCUT2D eigenvalue weighted by atomic mass is 9.94. The van der Waals surface area contributed by atoms with Crippen molar-refractivity contribution in [3.05, 3.63) is 11.3 Å². The lowest BCUT2D eigenvalue weighted by molar-refractivity contribution is -0.0128. The van der Waals surface area contributed by atoms with Crippen molar-refractivity contribution in [2.75, 3.05) is 33.0 Å². The zero-order chi connectivity index (χ0) is 19.2. The third-order valence-electron chi connectivity index (χ3n) is 4.50. The number of carbonyl (C=O) groups excluding carboxylic acids is 1. The average molecular weight is 367 g/mol. The smallest absolute Gasteiger partial charge is 0.258 e. The summed E-state index contributed by atoms with van der Waals surface area (Å²) in [6, 6.07) is 0. The fourth-order valence-electron chi connectivity index (χ4n) is 3.01. The Hall–Kier alpha value is -1.60. The number of aromatic nitrogens is 2. The molecule has 1 saturated heterocycles. The minimum atomic E-state index is -0.167. The van der Waals surface area contributed by atoms with Crippen LogP contribution >= 0.6 is 0 Å². The van der Waals surface area contributed by atoms with E-state index in [1.807, 2.05) is 13.8 Å². The number of nitrogens with zero attached hydrogens (tertiary/aromatic N) is 2. The first-order valence-corrected chi connectivity index (χ1v) is 9.48. The SMILES string of the molecule is CCOCC(C)(C)CNC(=O)c1c(C)nn(C)c1OCC1CCCCO1. The lowest BCUT2D eigenvalue weighted by Gasteiger charge is -2.25. The highest BCUT2D eigenvalue weighted by Gasteiger charge is 2.26. The van der Waals surface area contributed by atoms with Crippen LogP contribution in [0.25, 0.3) is 0 Å². The summed E-state index contributed by atoms with van der Waals surface area (Å²) >= 11 is 0. The van der Waals surface area contributed by atoms with E-state index in [-0.39, 0.29) is 17.4 Å². The molecule has 0 aromatic carbocycles. The van der Waals surface area contributed by atoms with Gasteiger partial charge >= 0.3 is 0 Å². The highest BCUT2D eigenvalue weighted by Crippen LogP contribution is 2.23. The maximum atomic E-state index is 12.8. The summed E-state index contributed by atoms with van der Waals surface area (Å²) in [6.07, 6.45) is 3.33. The molecule has 1 amide bonds. The predicted molar refractivity (Wildman–Crippen MR) is 99.6 cm³/mol. The fourth-order valence-corrected chi connectivity index (χ4v) is 3.01. The quantitative estimate of drug-likeness (QED) is 0.726. The van der Waals surface area contributed by atoms with Crippen LogP contribution in [-0.4, -0.2) is 54.8 Å². The maximum Gasteiger partial charge on any atom is 0.258 e. The van der Waals surface area contributed by atoms with Crippen molar-refractivity contribution in [3.8, 4) is 5.88 Å². The van der Waals surface area contributed by atoms with Gasteiger partial charge in [0.05, 0.1) is 18.4 Å². The van der Waals surface area contributed by atoms with E-state index in [0.29, 0.717) is 43.5 Å². The monoisotopic (exact) mass is 367 g/mol. The van der Waals surface area contributed by atoms with Gasteiger partial charge in [0.1, 0.15) is 12.2 Å². The van der Waals surface area contributed by atoms with E-state index in [2.05, 4.69) is 24.3 Å². The largest absolute Gasteiger partial charge is 0.475 e. The Balaban J connectivity index is 1.99. The van der Waals surface area contributed by atoms with E-state index in [0.717, 1.165) is 25.9 Å². The Morgan fingerprint density at radius 3 is 2.85 bits per heavy atom. The van der Waals surface area contributed by atoms with Crippen LogP contribution < -0.4 is 10.1 Å². The van der Waals surface area contributed by atoms with Crippen LogP contribution in [0.3, 0.4) is 0 Å². The summed E-state index contributed by atoms with van der Waals surface area (Å²) < 4.78 is 18.8. The average Bonchev–Trinajstić information content (AvgIpc) is 2.90. The molecule has 148 valence electrons. The summed E-state index contributed by atoms with van der Waals surface area (Å²) in [4.78, 5) is 12.8. The number of nitrogens with one attached hydrogen (secondary N) is 1. The Kier molecular flexibility index (Phi) is 7.46. The molecule has 2 rings (SSSR count). The third kappa shape index (κ3) is 5.71. The second-order valence-corrected chi connectivity index (χ2v) is 7.67. The van der Waals surface area contributed by atoms with E-state index >= 15 is 0 Å². The molecular formula is C19H33N3O4. The Labute approximate surface area is 156 Å². The molecule has 1 aliphatic heterocycles. The molecule has 1 unspecified atom stereocenters. The van der Waals surface area contributed by atoms with Gasteiger partial charge in [0.15, 0.2) is 0 Å². The third-order valence-corrected chi connectivity index (χ3v) is 4.50. The number of amides is 1. The molecule has 7 heteroatoms.